The summed E-state index contributed by atoms with van der Waals surface area (Å²) in [4.78, 5) is 4.27. The Hall–Kier alpha value is -2.86. The molecule has 0 bridgehead atoms. The summed E-state index contributed by atoms with van der Waals surface area (Å²) < 4.78 is 52.9. The Kier molecular flexibility index (Phi) is 6.82. The van der Waals surface area contributed by atoms with E-state index < -0.39 is 21.9 Å². The minimum absolute atomic E-state index is 0.0826. The molecule has 1 saturated heterocycles. The number of piperidine rings is 1. The molecule has 0 radical (unpaired) electrons. The normalized spacial score (nSPS) is 16.4. The Morgan fingerprint density at radius 2 is 1.97 bits per heavy atom. The topological polar surface area (TPSA) is 116 Å². The van der Waals surface area contributed by atoms with E-state index in [1.807, 2.05) is 10.9 Å². The first kappa shape index (κ1) is 25.8. The molecule has 1 aliphatic rings. The van der Waals surface area contributed by atoms with E-state index >= 15 is 0 Å². The highest BCUT2D eigenvalue weighted by molar-refractivity contribution is 7.88. The van der Waals surface area contributed by atoms with Gasteiger partial charge in [-0.25, -0.2) is 22.1 Å². The molecule has 5 rings (SSSR count). The standard InChI is InChI=1S/C24H24Cl2FN5O4S/c1-13(20-18(25)3-4-19(27)21(20)26)36-23-22-16(10-29-24(23)28)17(12-35-22)14-9-30-32(11-14)15-5-7-31(8-6-15)37(2,33)34/h3-4,9-13,15H,5-8H2,1-2H3,(H2,28,29)/t13-/m1/s1. The van der Waals surface area contributed by atoms with Gasteiger partial charge in [0.1, 0.15) is 18.2 Å². The number of ether oxygens (including phenoxy) is 1. The van der Waals surface area contributed by atoms with Crippen LogP contribution in [-0.4, -0.2) is 46.8 Å². The third kappa shape index (κ3) is 4.88. The van der Waals surface area contributed by atoms with Crippen LogP contribution in [0.25, 0.3) is 22.1 Å². The van der Waals surface area contributed by atoms with Gasteiger partial charge in [0.2, 0.25) is 15.8 Å². The first-order chi connectivity index (χ1) is 17.5. The lowest BCUT2D eigenvalue weighted by Crippen LogP contribution is -2.38. The van der Waals surface area contributed by atoms with Crippen molar-refractivity contribution in [2.75, 3.05) is 25.1 Å². The largest absolute Gasteiger partial charge is 0.478 e. The molecule has 2 N–H and O–H groups in total. The molecule has 37 heavy (non-hydrogen) atoms. The number of nitrogen functional groups attached to an aromatic ring is 1. The van der Waals surface area contributed by atoms with Crippen LogP contribution in [0.3, 0.4) is 0 Å². The molecule has 13 heteroatoms. The van der Waals surface area contributed by atoms with Crippen molar-refractivity contribution in [2.45, 2.75) is 31.9 Å². The molecular weight excluding hydrogens is 544 g/mol. The van der Waals surface area contributed by atoms with E-state index in [0.717, 1.165) is 11.1 Å². The number of pyridine rings is 1. The van der Waals surface area contributed by atoms with Gasteiger partial charge in [0.15, 0.2) is 11.4 Å². The Balaban J connectivity index is 1.42. The summed E-state index contributed by atoms with van der Waals surface area (Å²) in [7, 11) is -3.20. The van der Waals surface area contributed by atoms with Gasteiger partial charge < -0.3 is 14.9 Å². The number of nitrogens with two attached hydrogens (primary N) is 1. The molecule has 196 valence electrons. The second kappa shape index (κ2) is 9.79. The molecule has 4 aromatic rings. The van der Waals surface area contributed by atoms with E-state index in [1.165, 1.54) is 22.7 Å². The van der Waals surface area contributed by atoms with Crippen molar-refractivity contribution in [1.82, 2.24) is 19.1 Å². The van der Waals surface area contributed by atoms with Crippen LogP contribution in [0.2, 0.25) is 10.0 Å². The summed E-state index contributed by atoms with van der Waals surface area (Å²) in [6.45, 7) is 2.58. The molecular formula is C24H24Cl2FN5O4S. The van der Waals surface area contributed by atoms with Crippen LogP contribution < -0.4 is 10.5 Å². The van der Waals surface area contributed by atoms with Gasteiger partial charge in [-0.3, -0.25) is 4.68 Å². The van der Waals surface area contributed by atoms with E-state index in [-0.39, 0.29) is 33.2 Å². The molecule has 1 fully saturated rings. The highest BCUT2D eigenvalue weighted by atomic mass is 35.5. The number of anilines is 1. The third-order valence-electron chi connectivity index (χ3n) is 6.56. The Morgan fingerprint density at radius 1 is 1.24 bits per heavy atom. The zero-order valence-corrected chi connectivity index (χ0v) is 22.3. The molecule has 4 heterocycles. The van der Waals surface area contributed by atoms with Crippen LogP contribution in [0.5, 0.6) is 5.75 Å². The number of benzene rings is 1. The molecule has 0 saturated carbocycles. The number of rotatable bonds is 6. The summed E-state index contributed by atoms with van der Waals surface area (Å²) in [5, 5.41) is 5.29. The van der Waals surface area contributed by atoms with Gasteiger partial charge in [-0.15, -0.1) is 0 Å². The van der Waals surface area contributed by atoms with Crippen LogP contribution in [0.15, 0.2) is 41.4 Å². The van der Waals surface area contributed by atoms with Crippen molar-refractivity contribution < 1.29 is 22.0 Å². The second-order valence-electron chi connectivity index (χ2n) is 8.98. The molecule has 1 atom stereocenters. The molecule has 0 unspecified atom stereocenters. The summed E-state index contributed by atoms with van der Waals surface area (Å²) in [5.74, 6) is -0.328. The van der Waals surface area contributed by atoms with E-state index in [4.69, 9.17) is 38.1 Å². The maximum atomic E-state index is 14.1. The predicted octanol–water partition coefficient (Wildman–Crippen LogP) is 5.46. The van der Waals surface area contributed by atoms with Crippen molar-refractivity contribution in [1.29, 1.82) is 0 Å². The number of fused-ring (bicyclic) bond motifs is 1. The van der Waals surface area contributed by atoms with Crippen LogP contribution in [0.4, 0.5) is 10.2 Å². The maximum Gasteiger partial charge on any atom is 0.211 e. The van der Waals surface area contributed by atoms with E-state index in [9.17, 15) is 12.8 Å². The average molecular weight is 568 g/mol. The van der Waals surface area contributed by atoms with Gasteiger partial charge in [-0.1, -0.05) is 23.2 Å². The average Bonchev–Trinajstić information content (AvgIpc) is 3.50. The first-order valence-electron chi connectivity index (χ1n) is 11.5. The third-order valence-corrected chi connectivity index (χ3v) is 8.58. The van der Waals surface area contributed by atoms with E-state index in [0.29, 0.717) is 36.9 Å². The molecule has 0 spiro atoms. The number of hydrogen-bond acceptors (Lipinski definition) is 7. The van der Waals surface area contributed by atoms with Crippen LogP contribution >= 0.6 is 23.2 Å². The van der Waals surface area contributed by atoms with Crippen molar-refractivity contribution in [2.24, 2.45) is 0 Å². The Labute approximate surface area is 223 Å². The van der Waals surface area contributed by atoms with Crippen LogP contribution in [-0.2, 0) is 10.0 Å². The molecule has 9 nitrogen and oxygen atoms in total. The van der Waals surface area contributed by atoms with Gasteiger partial charge in [0, 0.05) is 47.2 Å². The van der Waals surface area contributed by atoms with Crippen LogP contribution in [0.1, 0.15) is 37.5 Å². The van der Waals surface area contributed by atoms with Gasteiger partial charge in [-0.2, -0.15) is 5.10 Å². The summed E-state index contributed by atoms with van der Waals surface area (Å²) >= 11 is 12.4. The second-order valence-corrected chi connectivity index (χ2v) is 11.8. The number of furan rings is 1. The predicted molar refractivity (Wildman–Crippen MR) is 140 cm³/mol. The number of nitrogens with zero attached hydrogens (tertiary/aromatic N) is 4. The number of sulfonamides is 1. The van der Waals surface area contributed by atoms with Crippen molar-refractivity contribution in [3.63, 3.8) is 0 Å². The Morgan fingerprint density at radius 3 is 2.68 bits per heavy atom. The van der Waals surface area contributed by atoms with E-state index in [2.05, 4.69) is 10.1 Å². The van der Waals surface area contributed by atoms with Crippen molar-refractivity contribution in [3.8, 4) is 16.9 Å². The van der Waals surface area contributed by atoms with Gasteiger partial charge in [-0.05, 0) is 31.9 Å². The minimum Gasteiger partial charge on any atom is -0.478 e. The highest BCUT2D eigenvalue weighted by Gasteiger charge is 2.27. The summed E-state index contributed by atoms with van der Waals surface area (Å²) in [5.41, 5.74) is 8.30. The van der Waals surface area contributed by atoms with Crippen molar-refractivity contribution >= 4 is 50.0 Å². The lowest BCUT2D eigenvalue weighted by molar-refractivity contribution is 0.227. The van der Waals surface area contributed by atoms with Gasteiger partial charge in [0.05, 0.1) is 28.9 Å². The first-order valence-corrected chi connectivity index (χ1v) is 14.1. The maximum absolute atomic E-state index is 14.1. The minimum atomic E-state index is -3.20. The lowest BCUT2D eigenvalue weighted by atomic mass is 10.1. The SMILES string of the molecule is C[C@@H](Oc1c(N)ncc2c(-c3cnn(C4CCN(S(C)(=O)=O)CC4)c3)coc12)c1c(Cl)ccc(F)c1Cl. The number of aromatic nitrogens is 3. The molecule has 1 aromatic carbocycles. The van der Waals surface area contributed by atoms with Gasteiger partial charge >= 0.3 is 0 Å². The fourth-order valence-electron chi connectivity index (χ4n) is 4.58. The highest BCUT2D eigenvalue weighted by Crippen LogP contribution is 2.41. The lowest BCUT2D eigenvalue weighted by Gasteiger charge is -2.30. The number of hydrogen-bond donors (Lipinski definition) is 1. The van der Waals surface area contributed by atoms with E-state index in [1.54, 1.807) is 25.6 Å². The number of halogens is 3. The zero-order chi connectivity index (χ0) is 26.5. The molecule has 3 aromatic heterocycles. The quantitative estimate of drug-likeness (QED) is 0.307. The molecule has 0 aliphatic carbocycles. The molecule has 0 amide bonds. The van der Waals surface area contributed by atoms with Crippen molar-refractivity contribution in [3.05, 3.63) is 58.4 Å². The van der Waals surface area contributed by atoms with Crippen LogP contribution in [0, 0.1) is 5.82 Å². The zero-order valence-electron chi connectivity index (χ0n) is 20.0. The van der Waals surface area contributed by atoms with Gasteiger partial charge in [0.25, 0.3) is 0 Å². The summed E-state index contributed by atoms with van der Waals surface area (Å²) in [6, 6.07) is 2.68. The monoisotopic (exact) mass is 567 g/mol. The fraction of sp³-hybridized carbons (Fsp3) is 0.333. The molecule has 1 aliphatic heterocycles. The summed E-state index contributed by atoms with van der Waals surface area (Å²) in [6.07, 6.45) is 8.59. The Bertz CT molecular complexity index is 1580. The fourth-order valence-corrected chi connectivity index (χ4v) is 6.14. The smallest absolute Gasteiger partial charge is 0.211 e.